The molecule has 0 atom stereocenters. The topological polar surface area (TPSA) is 71.1 Å². The molecule has 0 aliphatic carbocycles. The van der Waals surface area contributed by atoms with Crippen LogP contribution in [0, 0.1) is 6.92 Å². The molecule has 2 amide bonds. The van der Waals surface area contributed by atoms with Gasteiger partial charge in [0.05, 0.1) is 4.88 Å². The van der Waals surface area contributed by atoms with Crippen LogP contribution in [0.5, 0.6) is 0 Å². The number of aromatic nitrogens is 1. The summed E-state index contributed by atoms with van der Waals surface area (Å²) in [7, 11) is 0. The van der Waals surface area contributed by atoms with Crippen LogP contribution in [0.2, 0.25) is 0 Å². The molecule has 0 fully saturated rings. The minimum atomic E-state index is -0.0986. The molecule has 5 nitrogen and oxygen atoms in total. The molecule has 0 aliphatic rings. The zero-order chi connectivity index (χ0) is 15.1. The quantitative estimate of drug-likeness (QED) is 0.806. The number of nitrogens with zero attached hydrogens (tertiary/aromatic N) is 1. The molecule has 0 aromatic carbocycles. The van der Waals surface area contributed by atoms with Crippen molar-refractivity contribution in [3.05, 3.63) is 46.3 Å². The molecule has 21 heavy (non-hydrogen) atoms. The fourth-order valence-corrected chi connectivity index (χ4v) is 2.40. The zero-order valence-electron chi connectivity index (χ0n) is 11.8. The molecule has 2 heterocycles. The van der Waals surface area contributed by atoms with E-state index < -0.39 is 0 Å². The van der Waals surface area contributed by atoms with Crippen LogP contribution in [0.1, 0.15) is 28.2 Å². The number of hydrogen-bond donors (Lipinski definition) is 2. The first-order valence-electron chi connectivity index (χ1n) is 6.70. The number of hydrogen-bond acceptors (Lipinski definition) is 4. The second kappa shape index (κ2) is 7.54. The van der Waals surface area contributed by atoms with Crippen molar-refractivity contribution >= 4 is 29.0 Å². The number of anilines is 1. The van der Waals surface area contributed by atoms with Gasteiger partial charge < -0.3 is 10.6 Å². The summed E-state index contributed by atoms with van der Waals surface area (Å²) in [5, 5.41) is 7.39. The molecule has 0 saturated carbocycles. The lowest BCUT2D eigenvalue weighted by molar-refractivity contribution is -0.116. The molecule has 2 N–H and O–H groups in total. The third-order valence-electron chi connectivity index (χ3n) is 2.77. The molecule has 0 spiro atoms. The molecule has 0 saturated heterocycles. The number of carbonyl (C=O) groups is 2. The third-order valence-corrected chi connectivity index (χ3v) is 3.64. The maximum Gasteiger partial charge on any atom is 0.261 e. The Kier molecular flexibility index (Phi) is 5.45. The number of carbonyl (C=O) groups excluding carboxylic acids is 2. The van der Waals surface area contributed by atoms with Crippen LogP contribution in [-0.2, 0) is 4.79 Å². The monoisotopic (exact) mass is 303 g/mol. The van der Waals surface area contributed by atoms with Crippen molar-refractivity contribution in [1.29, 1.82) is 0 Å². The highest BCUT2D eigenvalue weighted by molar-refractivity contribution is 7.12. The van der Waals surface area contributed by atoms with Gasteiger partial charge in [-0.25, -0.2) is 4.98 Å². The minimum Gasteiger partial charge on any atom is -0.351 e. The first-order valence-corrected chi connectivity index (χ1v) is 7.58. The Balaban J connectivity index is 1.67. The van der Waals surface area contributed by atoms with Gasteiger partial charge in [-0.1, -0.05) is 12.1 Å². The lowest BCUT2D eigenvalue weighted by Gasteiger charge is -2.06. The van der Waals surface area contributed by atoms with Crippen molar-refractivity contribution in [3.63, 3.8) is 0 Å². The van der Waals surface area contributed by atoms with Crippen LogP contribution in [0.4, 0.5) is 5.82 Å². The van der Waals surface area contributed by atoms with Crippen LogP contribution in [-0.4, -0.2) is 23.3 Å². The highest BCUT2D eigenvalue weighted by Gasteiger charge is 2.06. The van der Waals surface area contributed by atoms with Crippen molar-refractivity contribution < 1.29 is 9.59 Å². The van der Waals surface area contributed by atoms with E-state index in [0.29, 0.717) is 30.1 Å². The Morgan fingerprint density at radius 1 is 1.24 bits per heavy atom. The summed E-state index contributed by atoms with van der Waals surface area (Å²) < 4.78 is 0. The Labute approximate surface area is 127 Å². The van der Waals surface area contributed by atoms with Gasteiger partial charge in [-0.05, 0) is 36.9 Å². The summed E-state index contributed by atoms with van der Waals surface area (Å²) >= 11 is 1.40. The minimum absolute atomic E-state index is 0.0919. The molecule has 0 aliphatic heterocycles. The number of nitrogens with one attached hydrogen (secondary N) is 2. The van der Waals surface area contributed by atoms with Crippen molar-refractivity contribution in [2.45, 2.75) is 19.8 Å². The average Bonchev–Trinajstić information content (AvgIpc) is 2.97. The van der Waals surface area contributed by atoms with E-state index in [9.17, 15) is 9.59 Å². The Morgan fingerprint density at radius 2 is 2.10 bits per heavy atom. The molecule has 2 aromatic heterocycles. The van der Waals surface area contributed by atoms with Crippen LogP contribution >= 0.6 is 11.3 Å². The molecule has 0 bridgehead atoms. The molecule has 6 heteroatoms. The van der Waals surface area contributed by atoms with E-state index in [0.717, 1.165) is 5.69 Å². The zero-order valence-corrected chi connectivity index (χ0v) is 12.6. The van der Waals surface area contributed by atoms with E-state index in [4.69, 9.17) is 0 Å². The number of rotatable bonds is 6. The maximum atomic E-state index is 11.7. The van der Waals surface area contributed by atoms with Crippen LogP contribution < -0.4 is 10.6 Å². The van der Waals surface area contributed by atoms with Crippen LogP contribution in [0.3, 0.4) is 0 Å². The van der Waals surface area contributed by atoms with E-state index in [1.807, 2.05) is 30.5 Å². The van der Waals surface area contributed by atoms with Gasteiger partial charge in [0, 0.05) is 18.7 Å². The molecular weight excluding hydrogens is 286 g/mol. The highest BCUT2D eigenvalue weighted by atomic mass is 32.1. The summed E-state index contributed by atoms with van der Waals surface area (Å²) in [4.78, 5) is 28.3. The molecule has 110 valence electrons. The average molecular weight is 303 g/mol. The Bertz CT molecular complexity index is 611. The van der Waals surface area contributed by atoms with Crippen LogP contribution in [0.25, 0.3) is 0 Å². The Hall–Kier alpha value is -2.21. The van der Waals surface area contributed by atoms with Gasteiger partial charge >= 0.3 is 0 Å². The van der Waals surface area contributed by atoms with Gasteiger partial charge in [0.15, 0.2) is 0 Å². The number of thiophene rings is 1. The lowest BCUT2D eigenvalue weighted by atomic mass is 10.3. The SMILES string of the molecule is Cc1cccc(NC(=O)CCCNC(=O)c2cccs2)n1. The maximum absolute atomic E-state index is 11.7. The van der Waals surface area contributed by atoms with Gasteiger partial charge in [0.1, 0.15) is 5.82 Å². The molecule has 0 radical (unpaired) electrons. The van der Waals surface area contributed by atoms with Gasteiger partial charge in [-0.15, -0.1) is 11.3 Å². The number of pyridine rings is 1. The van der Waals surface area contributed by atoms with E-state index in [1.54, 1.807) is 12.1 Å². The first-order chi connectivity index (χ1) is 10.1. The predicted molar refractivity (Wildman–Crippen MR) is 83.5 cm³/mol. The van der Waals surface area contributed by atoms with Gasteiger partial charge in [-0.2, -0.15) is 0 Å². The fourth-order valence-electron chi connectivity index (χ4n) is 1.76. The second-order valence-electron chi connectivity index (χ2n) is 4.55. The van der Waals surface area contributed by atoms with E-state index in [-0.39, 0.29) is 11.8 Å². The first kappa shape index (κ1) is 15.2. The third kappa shape index (κ3) is 5.00. The summed E-state index contributed by atoms with van der Waals surface area (Å²) in [6, 6.07) is 9.08. The Morgan fingerprint density at radius 3 is 2.81 bits per heavy atom. The fraction of sp³-hybridized carbons (Fsp3) is 0.267. The second-order valence-corrected chi connectivity index (χ2v) is 5.50. The van der Waals surface area contributed by atoms with Crippen molar-refractivity contribution in [2.75, 3.05) is 11.9 Å². The van der Waals surface area contributed by atoms with E-state index in [2.05, 4.69) is 15.6 Å². The molecule has 0 unspecified atom stereocenters. The summed E-state index contributed by atoms with van der Waals surface area (Å²) in [5.74, 6) is 0.367. The standard InChI is InChI=1S/C15H17N3O2S/c1-11-5-2-7-13(17-11)18-14(19)8-3-9-16-15(20)12-6-4-10-21-12/h2,4-7,10H,3,8-9H2,1H3,(H,16,20)(H,17,18,19). The summed E-state index contributed by atoms with van der Waals surface area (Å²) in [6.45, 7) is 2.35. The molecular formula is C15H17N3O2S. The predicted octanol–water partition coefficient (Wildman–Crippen LogP) is 2.60. The number of aryl methyl sites for hydroxylation is 1. The normalized spacial score (nSPS) is 10.1. The van der Waals surface area contributed by atoms with Crippen molar-refractivity contribution in [2.24, 2.45) is 0 Å². The van der Waals surface area contributed by atoms with Gasteiger partial charge in [0.2, 0.25) is 5.91 Å². The highest BCUT2D eigenvalue weighted by Crippen LogP contribution is 2.08. The van der Waals surface area contributed by atoms with Crippen molar-refractivity contribution in [3.8, 4) is 0 Å². The van der Waals surface area contributed by atoms with E-state index >= 15 is 0 Å². The van der Waals surface area contributed by atoms with Gasteiger partial charge in [-0.3, -0.25) is 9.59 Å². The molecule has 2 aromatic rings. The van der Waals surface area contributed by atoms with Crippen molar-refractivity contribution in [1.82, 2.24) is 10.3 Å². The molecule has 2 rings (SSSR count). The number of amides is 2. The lowest BCUT2D eigenvalue weighted by Crippen LogP contribution is -2.24. The smallest absolute Gasteiger partial charge is 0.261 e. The van der Waals surface area contributed by atoms with Gasteiger partial charge in [0.25, 0.3) is 5.91 Å². The summed E-state index contributed by atoms with van der Waals surface area (Å²) in [5.41, 5.74) is 0.857. The largest absolute Gasteiger partial charge is 0.351 e. The van der Waals surface area contributed by atoms with E-state index in [1.165, 1.54) is 11.3 Å². The summed E-state index contributed by atoms with van der Waals surface area (Å²) in [6.07, 6.45) is 0.940. The van der Waals surface area contributed by atoms with Crippen LogP contribution in [0.15, 0.2) is 35.7 Å².